The van der Waals surface area contributed by atoms with Gasteiger partial charge in [-0.1, -0.05) is 18.2 Å². The molecule has 2 aromatic heterocycles. The van der Waals surface area contributed by atoms with E-state index in [1.807, 2.05) is 0 Å². The number of amides is 1. The maximum Gasteiger partial charge on any atom is 0.332 e. The van der Waals surface area contributed by atoms with E-state index in [9.17, 15) is 18.8 Å². The number of carbonyl (C=O) groups is 1. The molecule has 0 saturated carbocycles. The predicted molar refractivity (Wildman–Crippen MR) is 124 cm³/mol. The molecule has 10 heteroatoms. The van der Waals surface area contributed by atoms with Gasteiger partial charge in [0.15, 0.2) is 0 Å². The maximum absolute atomic E-state index is 14.2. The Balaban J connectivity index is 1.70. The molecule has 2 heterocycles. The van der Waals surface area contributed by atoms with Crippen LogP contribution in [0.2, 0.25) is 0 Å². The van der Waals surface area contributed by atoms with E-state index in [2.05, 4.69) is 5.32 Å². The fourth-order valence-corrected chi connectivity index (χ4v) is 4.30. The van der Waals surface area contributed by atoms with Crippen molar-refractivity contribution >= 4 is 33.1 Å². The van der Waals surface area contributed by atoms with Crippen LogP contribution in [0.4, 0.5) is 10.1 Å². The number of hydrogen-bond acceptors (Lipinski definition) is 6. The lowest BCUT2D eigenvalue weighted by molar-refractivity contribution is -0.116. The van der Waals surface area contributed by atoms with Crippen molar-refractivity contribution in [1.82, 2.24) is 9.13 Å². The van der Waals surface area contributed by atoms with E-state index >= 15 is 0 Å². The summed E-state index contributed by atoms with van der Waals surface area (Å²) in [7, 11) is 2.98. The van der Waals surface area contributed by atoms with Crippen LogP contribution in [0.1, 0.15) is 5.56 Å². The van der Waals surface area contributed by atoms with Gasteiger partial charge in [-0.25, -0.2) is 9.18 Å². The molecule has 170 valence electrons. The van der Waals surface area contributed by atoms with Gasteiger partial charge in [0, 0.05) is 11.6 Å². The summed E-state index contributed by atoms with van der Waals surface area (Å²) >= 11 is 1.15. The highest BCUT2D eigenvalue weighted by atomic mass is 32.1. The Hall–Kier alpha value is -3.92. The predicted octanol–water partition coefficient (Wildman–Crippen LogP) is 3.07. The summed E-state index contributed by atoms with van der Waals surface area (Å²) in [5.41, 5.74) is -0.284. The first-order valence-corrected chi connectivity index (χ1v) is 10.8. The number of fused-ring (bicyclic) bond motifs is 1. The molecule has 0 aliphatic rings. The number of halogens is 1. The van der Waals surface area contributed by atoms with Gasteiger partial charge in [0.1, 0.15) is 28.6 Å². The molecule has 0 fully saturated rings. The highest BCUT2D eigenvalue weighted by Gasteiger charge is 2.18. The number of benzene rings is 2. The number of aromatic nitrogens is 2. The van der Waals surface area contributed by atoms with Crippen LogP contribution in [-0.4, -0.2) is 29.3 Å². The van der Waals surface area contributed by atoms with Gasteiger partial charge in [-0.15, -0.1) is 11.3 Å². The van der Waals surface area contributed by atoms with E-state index in [1.54, 1.807) is 35.7 Å². The van der Waals surface area contributed by atoms with E-state index in [0.29, 0.717) is 27.4 Å². The summed E-state index contributed by atoms with van der Waals surface area (Å²) in [5.74, 6) is -0.0725. The minimum Gasteiger partial charge on any atom is -0.497 e. The van der Waals surface area contributed by atoms with Crippen LogP contribution in [0.25, 0.3) is 10.2 Å². The fourth-order valence-electron chi connectivity index (χ4n) is 3.46. The first-order chi connectivity index (χ1) is 15.9. The van der Waals surface area contributed by atoms with Gasteiger partial charge in [-0.3, -0.25) is 18.7 Å². The number of ether oxygens (including phenoxy) is 2. The zero-order valence-electron chi connectivity index (χ0n) is 17.8. The molecule has 0 aliphatic carbocycles. The number of nitrogens with one attached hydrogen (secondary N) is 1. The molecular formula is C23H20FN3O5S. The number of methoxy groups -OCH3 is 2. The Bertz CT molecular complexity index is 1460. The monoisotopic (exact) mass is 469 g/mol. The zero-order valence-corrected chi connectivity index (χ0v) is 18.6. The Kier molecular flexibility index (Phi) is 6.27. The second kappa shape index (κ2) is 9.29. The number of anilines is 1. The Morgan fingerprint density at radius 1 is 1.06 bits per heavy atom. The van der Waals surface area contributed by atoms with Gasteiger partial charge < -0.3 is 14.8 Å². The summed E-state index contributed by atoms with van der Waals surface area (Å²) in [6.07, 6.45) is 0. The third-order valence-electron chi connectivity index (χ3n) is 5.11. The Labute approximate surface area is 191 Å². The lowest BCUT2D eigenvalue weighted by Crippen LogP contribution is -2.41. The summed E-state index contributed by atoms with van der Waals surface area (Å²) in [4.78, 5) is 38.9. The van der Waals surface area contributed by atoms with E-state index in [-0.39, 0.29) is 18.7 Å². The second-order valence-electron chi connectivity index (χ2n) is 7.10. The summed E-state index contributed by atoms with van der Waals surface area (Å²) in [5, 5.41) is 4.38. The lowest BCUT2D eigenvalue weighted by Gasteiger charge is -2.14. The smallest absolute Gasteiger partial charge is 0.332 e. The third kappa shape index (κ3) is 4.37. The third-order valence-corrected chi connectivity index (χ3v) is 6.00. The van der Waals surface area contributed by atoms with Crippen molar-refractivity contribution in [2.45, 2.75) is 13.1 Å². The molecule has 0 spiro atoms. The number of nitrogens with zero attached hydrogens (tertiary/aromatic N) is 2. The van der Waals surface area contributed by atoms with Gasteiger partial charge in [0.25, 0.3) is 5.56 Å². The van der Waals surface area contributed by atoms with Crippen molar-refractivity contribution in [3.63, 3.8) is 0 Å². The normalized spacial score (nSPS) is 10.9. The van der Waals surface area contributed by atoms with E-state index in [4.69, 9.17) is 9.47 Å². The zero-order chi connectivity index (χ0) is 23.5. The highest BCUT2D eigenvalue weighted by molar-refractivity contribution is 7.17. The van der Waals surface area contributed by atoms with Crippen molar-refractivity contribution in [2.24, 2.45) is 0 Å². The quantitative estimate of drug-likeness (QED) is 0.449. The minimum atomic E-state index is -0.703. The lowest BCUT2D eigenvalue weighted by atomic mass is 10.2. The molecule has 0 saturated heterocycles. The minimum absolute atomic E-state index is 0.201. The molecular weight excluding hydrogens is 449 g/mol. The molecule has 1 N–H and O–H groups in total. The number of rotatable bonds is 7. The van der Waals surface area contributed by atoms with Gasteiger partial charge in [0.05, 0.1) is 32.0 Å². The number of carbonyl (C=O) groups excluding carboxylic acids is 1. The average molecular weight is 469 g/mol. The van der Waals surface area contributed by atoms with Crippen molar-refractivity contribution in [2.75, 3.05) is 19.5 Å². The van der Waals surface area contributed by atoms with E-state index in [1.165, 1.54) is 37.0 Å². The average Bonchev–Trinajstić information content (AvgIpc) is 3.31. The molecule has 0 radical (unpaired) electrons. The van der Waals surface area contributed by atoms with Gasteiger partial charge in [0.2, 0.25) is 5.91 Å². The topological polar surface area (TPSA) is 91.6 Å². The summed E-state index contributed by atoms with van der Waals surface area (Å²) in [6.45, 7) is -0.592. The standard InChI is InChI=1S/C23H20FN3O5S/c1-31-15-7-8-17(19(11-15)32-2)25-20(28)13-26-18-9-10-33-21(18)22(29)27(23(26)30)12-14-5-3-4-6-16(14)24/h3-11H,12-13H2,1-2H3,(H,25,28). The van der Waals surface area contributed by atoms with Crippen molar-refractivity contribution in [1.29, 1.82) is 0 Å². The van der Waals surface area contributed by atoms with Crippen molar-refractivity contribution in [3.05, 3.63) is 86.1 Å². The Morgan fingerprint density at radius 3 is 2.58 bits per heavy atom. The first kappa shape index (κ1) is 22.3. The first-order valence-electron chi connectivity index (χ1n) is 9.89. The maximum atomic E-state index is 14.2. The van der Waals surface area contributed by atoms with Crippen molar-refractivity contribution in [3.8, 4) is 11.5 Å². The van der Waals surface area contributed by atoms with Crippen LogP contribution < -0.4 is 26.0 Å². The second-order valence-corrected chi connectivity index (χ2v) is 8.02. The molecule has 0 unspecified atom stereocenters. The van der Waals surface area contributed by atoms with Crippen LogP contribution >= 0.6 is 11.3 Å². The van der Waals surface area contributed by atoms with Gasteiger partial charge >= 0.3 is 5.69 Å². The molecule has 0 aliphatic heterocycles. The summed E-state index contributed by atoms with van der Waals surface area (Å²) in [6, 6.07) is 12.4. The molecule has 4 aromatic rings. The Morgan fingerprint density at radius 2 is 1.85 bits per heavy atom. The summed E-state index contributed by atoms with van der Waals surface area (Å²) < 4.78 is 27.1. The van der Waals surface area contributed by atoms with E-state index in [0.717, 1.165) is 15.9 Å². The van der Waals surface area contributed by atoms with Crippen LogP contribution in [0, 0.1) is 5.82 Å². The highest BCUT2D eigenvalue weighted by Crippen LogP contribution is 2.29. The van der Waals surface area contributed by atoms with Gasteiger partial charge in [-0.2, -0.15) is 0 Å². The van der Waals surface area contributed by atoms with Crippen LogP contribution in [-0.2, 0) is 17.9 Å². The van der Waals surface area contributed by atoms with Crippen molar-refractivity contribution < 1.29 is 18.7 Å². The van der Waals surface area contributed by atoms with Crippen LogP contribution in [0.15, 0.2) is 63.5 Å². The van der Waals surface area contributed by atoms with Crippen LogP contribution in [0.3, 0.4) is 0 Å². The van der Waals surface area contributed by atoms with Crippen LogP contribution in [0.5, 0.6) is 11.5 Å². The van der Waals surface area contributed by atoms with E-state index < -0.39 is 23.0 Å². The molecule has 8 nitrogen and oxygen atoms in total. The SMILES string of the molecule is COc1ccc(NC(=O)Cn2c(=O)n(Cc3ccccc3F)c(=O)c3sccc32)c(OC)c1. The largest absolute Gasteiger partial charge is 0.497 e. The fraction of sp³-hybridized carbons (Fsp3) is 0.174. The molecule has 4 rings (SSSR count). The molecule has 2 aromatic carbocycles. The molecule has 0 atom stereocenters. The molecule has 33 heavy (non-hydrogen) atoms. The van der Waals surface area contributed by atoms with Gasteiger partial charge in [-0.05, 0) is 29.6 Å². The number of thiophene rings is 1. The molecule has 1 amide bonds. The number of hydrogen-bond donors (Lipinski definition) is 1. The molecule has 0 bridgehead atoms.